The van der Waals surface area contributed by atoms with Gasteiger partial charge in [-0.15, -0.1) is 0 Å². The lowest BCUT2D eigenvalue weighted by Crippen LogP contribution is -2.45. The van der Waals surface area contributed by atoms with Crippen LogP contribution in [0.25, 0.3) is 0 Å². The molecule has 0 fully saturated rings. The van der Waals surface area contributed by atoms with Gasteiger partial charge in [-0.3, -0.25) is 4.79 Å². The van der Waals surface area contributed by atoms with Crippen LogP contribution in [0.3, 0.4) is 0 Å². The summed E-state index contributed by atoms with van der Waals surface area (Å²) in [4.78, 5) is 11.9. The molecule has 0 aliphatic heterocycles. The molecule has 4 heteroatoms. The Morgan fingerprint density at radius 3 is 1.26 bits per heavy atom. The van der Waals surface area contributed by atoms with Crippen molar-refractivity contribution in [2.24, 2.45) is 0 Å². The maximum Gasteiger partial charge on any atom is 0.220 e. The zero-order chi connectivity index (χ0) is 33.6. The van der Waals surface area contributed by atoms with E-state index < -0.39 is 12.1 Å². The van der Waals surface area contributed by atoms with Crippen molar-refractivity contribution in [3.63, 3.8) is 0 Å². The highest BCUT2D eigenvalue weighted by atomic mass is 16.3. The average Bonchev–Trinajstić information content (AvgIpc) is 3.06. The van der Waals surface area contributed by atoms with Crippen molar-refractivity contribution in [1.82, 2.24) is 5.32 Å². The standard InChI is InChI=1S/C42H81NO3/c1-3-5-7-8-9-10-11-12-13-14-15-16-17-18-19-20-21-22-23-24-25-26-27-28-29-30-31-32-33-34-36-37-41(45)40(39-44)43-42(46)38-35-6-4-2/h31-32,36-37,40-41,44-45H,3-30,33-35,38-39H2,1-2H3,(H,43,46)/b32-31+,37-36+. The molecular formula is C42H81NO3. The predicted octanol–water partition coefficient (Wildman–Crippen LogP) is 12.5. The van der Waals surface area contributed by atoms with Crippen LogP contribution < -0.4 is 5.32 Å². The third kappa shape index (κ3) is 34.2. The molecule has 0 spiro atoms. The molecule has 0 aromatic rings. The molecule has 0 aliphatic carbocycles. The molecule has 272 valence electrons. The van der Waals surface area contributed by atoms with Gasteiger partial charge >= 0.3 is 0 Å². The van der Waals surface area contributed by atoms with Gasteiger partial charge in [0.25, 0.3) is 0 Å². The number of allylic oxidation sites excluding steroid dienone is 3. The number of carbonyl (C=O) groups excluding carboxylic acids is 1. The van der Waals surface area contributed by atoms with Gasteiger partial charge in [-0.25, -0.2) is 0 Å². The summed E-state index contributed by atoms with van der Waals surface area (Å²) in [5.41, 5.74) is 0. The second-order valence-corrected chi connectivity index (χ2v) is 14.1. The Labute approximate surface area is 288 Å². The van der Waals surface area contributed by atoms with Crippen LogP contribution in [0.2, 0.25) is 0 Å². The van der Waals surface area contributed by atoms with E-state index in [2.05, 4.69) is 31.3 Å². The largest absolute Gasteiger partial charge is 0.394 e. The number of rotatable bonds is 37. The second kappa shape index (κ2) is 38.3. The van der Waals surface area contributed by atoms with Crippen LogP contribution in [0.4, 0.5) is 0 Å². The zero-order valence-corrected chi connectivity index (χ0v) is 31.1. The average molecular weight is 648 g/mol. The van der Waals surface area contributed by atoms with E-state index in [1.807, 2.05) is 6.08 Å². The van der Waals surface area contributed by atoms with Gasteiger partial charge in [-0.05, 0) is 32.1 Å². The first-order valence-electron chi connectivity index (χ1n) is 20.6. The van der Waals surface area contributed by atoms with Crippen molar-refractivity contribution in [3.05, 3.63) is 24.3 Å². The molecule has 0 heterocycles. The SMILES string of the molecule is CCCCCCCCCCCCCCCCCCCCCCCCCCC/C=C/CC/C=C/C(O)C(CO)NC(=O)CCCCC. The Kier molecular flexibility index (Phi) is 37.4. The Balaban J connectivity index is 3.36. The Morgan fingerprint density at radius 1 is 0.500 bits per heavy atom. The number of aliphatic hydroxyl groups excluding tert-OH is 2. The van der Waals surface area contributed by atoms with E-state index in [1.165, 1.54) is 161 Å². The number of hydrogen-bond donors (Lipinski definition) is 3. The summed E-state index contributed by atoms with van der Waals surface area (Å²) < 4.78 is 0. The van der Waals surface area contributed by atoms with Gasteiger partial charge in [0, 0.05) is 6.42 Å². The molecule has 3 N–H and O–H groups in total. The van der Waals surface area contributed by atoms with Crippen molar-refractivity contribution in [3.8, 4) is 0 Å². The van der Waals surface area contributed by atoms with E-state index in [-0.39, 0.29) is 12.5 Å². The van der Waals surface area contributed by atoms with Crippen LogP contribution in [0.5, 0.6) is 0 Å². The summed E-state index contributed by atoms with van der Waals surface area (Å²) in [6.07, 6.45) is 49.5. The first-order chi connectivity index (χ1) is 22.7. The van der Waals surface area contributed by atoms with E-state index in [0.717, 1.165) is 38.5 Å². The molecule has 46 heavy (non-hydrogen) atoms. The summed E-state index contributed by atoms with van der Waals surface area (Å²) in [6, 6.07) is -0.630. The van der Waals surface area contributed by atoms with E-state index in [9.17, 15) is 15.0 Å². The van der Waals surface area contributed by atoms with E-state index >= 15 is 0 Å². The Hall–Kier alpha value is -1.13. The number of carbonyl (C=O) groups is 1. The fourth-order valence-electron chi connectivity index (χ4n) is 6.25. The summed E-state index contributed by atoms with van der Waals surface area (Å²) in [5, 5.41) is 22.5. The van der Waals surface area contributed by atoms with Crippen molar-refractivity contribution < 1.29 is 15.0 Å². The fourth-order valence-corrected chi connectivity index (χ4v) is 6.25. The van der Waals surface area contributed by atoms with E-state index in [4.69, 9.17) is 0 Å². The van der Waals surface area contributed by atoms with Crippen LogP contribution in [-0.4, -0.2) is 34.9 Å². The predicted molar refractivity (Wildman–Crippen MR) is 202 cm³/mol. The molecule has 0 saturated carbocycles. The lowest BCUT2D eigenvalue weighted by atomic mass is 10.0. The molecule has 0 radical (unpaired) electrons. The van der Waals surface area contributed by atoms with Gasteiger partial charge in [-0.1, -0.05) is 205 Å². The molecule has 4 nitrogen and oxygen atoms in total. The zero-order valence-electron chi connectivity index (χ0n) is 31.1. The highest BCUT2D eigenvalue weighted by Gasteiger charge is 2.17. The van der Waals surface area contributed by atoms with E-state index in [1.54, 1.807) is 6.08 Å². The van der Waals surface area contributed by atoms with Crippen LogP contribution in [0.15, 0.2) is 24.3 Å². The van der Waals surface area contributed by atoms with Crippen LogP contribution in [0.1, 0.15) is 219 Å². The molecular weight excluding hydrogens is 566 g/mol. The van der Waals surface area contributed by atoms with Crippen LogP contribution >= 0.6 is 0 Å². The third-order valence-corrected chi connectivity index (χ3v) is 9.44. The second-order valence-electron chi connectivity index (χ2n) is 14.1. The molecule has 1 amide bonds. The number of nitrogens with one attached hydrogen (secondary N) is 1. The fraction of sp³-hybridized carbons (Fsp3) is 0.881. The molecule has 0 bridgehead atoms. The highest BCUT2D eigenvalue weighted by Crippen LogP contribution is 2.16. The maximum atomic E-state index is 11.9. The lowest BCUT2D eigenvalue weighted by molar-refractivity contribution is -0.123. The lowest BCUT2D eigenvalue weighted by Gasteiger charge is -2.19. The molecule has 0 aliphatic rings. The van der Waals surface area contributed by atoms with Gasteiger partial charge < -0.3 is 15.5 Å². The van der Waals surface area contributed by atoms with Crippen LogP contribution in [0, 0.1) is 0 Å². The highest BCUT2D eigenvalue weighted by molar-refractivity contribution is 5.76. The molecule has 0 rings (SSSR count). The van der Waals surface area contributed by atoms with Gasteiger partial charge in [0.15, 0.2) is 0 Å². The molecule has 0 aromatic carbocycles. The van der Waals surface area contributed by atoms with Crippen molar-refractivity contribution in [2.45, 2.75) is 231 Å². The minimum atomic E-state index is -0.854. The van der Waals surface area contributed by atoms with Crippen LogP contribution in [-0.2, 0) is 4.79 Å². The van der Waals surface area contributed by atoms with Gasteiger partial charge in [-0.2, -0.15) is 0 Å². The summed E-state index contributed by atoms with van der Waals surface area (Å²) in [7, 11) is 0. The minimum absolute atomic E-state index is 0.0984. The number of aliphatic hydroxyl groups is 2. The topological polar surface area (TPSA) is 69.6 Å². The van der Waals surface area contributed by atoms with Crippen molar-refractivity contribution in [2.75, 3.05) is 6.61 Å². The molecule has 2 atom stereocenters. The van der Waals surface area contributed by atoms with Gasteiger partial charge in [0.1, 0.15) is 0 Å². The number of hydrogen-bond acceptors (Lipinski definition) is 3. The number of unbranched alkanes of at least 4 members (excludes halogenated alkanes) is 28. The number of amides is 1. The van der Waals surface area contributed by atoms with Crippen molar-refractivity contribution >= 4 is 5.91 Å². The van der Waals surface area contributed by atoms with E-state index in [0.29, 0.717) is 6.42 Å². The van der Waals surface area contributed by atoms with Gasteiger partial charge in [0.2, 0.25) is 5.91 Å². The maximum absolute atomic E-state index is 11.9. The van der Waals surface area contributed by atoms with Crippen molar-refractivity contribution in [1.29, 1.82) is 0 Å². The monoisotopic (exact) mass is 648 g/mol. The van der Waals surface area contributed by atoms with Gasteiger partial charge in [0.05, 0.1) is 18.8 Å². The molecule has 2 unspecified atom stereocenters. The molecule has 0 aromatic heterocycles. The summed E-state index contributed by atoms with van der Waals surface area (Å²) in [6.45, 7) is 4.14. The quantitative estimate of drug-likeness (QED) is 0.0464. The smallest absolute Gasteiger partial charge is 0.220 e. The Bertz CT molecular complexity index is 661. The first kappa shape index (κ1) is 44.9. The molecule has 0 saturated heterocycles. The normalized spacial score (nSPS) is 13.2. The third-order valence-electron chi connectivity index (χ3n) is 9.44. The summed E-state index contributed by atoms with van der Waals surface area (Å²) >= 11 is 0. The minimum Gasteiger partial charge on any atom is -0.394 e. The Morgan fingerprint density at radius 2 is 0.848 bits per heavy atom. The first-order valence-corrected chi connectivity index (χ1v) is 20.6. The summed E-state index contributed by atoms with van der Waals surface area (Å²) in [5.74, 6) is -0.0984.